The molecule has 0 heteroatoms. The van der Waals surface area contributed by atoms with E-state index in [0.29, 0.717) is 23.2 Å². The monoisotopic (exact) mass is 458 g/mol. The first-order chi connectivity index (χ1) is 15.5. The van der Waals surface area contributed by atoms with E-state index in [4.69, 9.17) is 0 Å². The lowest BCUT2D eigenvalue weighted by molar-refractivity contribution is 0.203. The van der Waals surface area contributed by atoms with Gasteiger partial charge in [-0.1, -0.05) is 132 Å². The maximum atomic E-state index is 4.58. The third-order valence-electron chi connectivity index (χ3n) is 9.33. The van der Waals surface area contributed by atoms with Crippen LogP contribution in [-0.2, 0) is 0 Å². The van der Waals surface area contributed by atoms with Crippen LogP contribution >= 0.6 is 0 Å². The van der Waals surface area contributed by atoms with Crippen LogP contribution in [0.2, 0.25) is 0 Å². The summed E-state index contributed by atoms with van der Waals surface area (Å²) >= 11 is 0. The predicted octanol–water partition coefficient (Wildman–Crippen LogP) is 11.3. The van der Waals surface area contributed by atoms with Crippen LogP contribution < -0.4 is 0 Å². The van der Waals surface area contributed by atoms with E-state index < -0.39 is 0 Å². The van der Waals surface area contributed by atoms with Gasteiger partial charge in [0.1, 0.15) is 0 Å². The highest BCUT2D eigenvalue weighted by molar-refractivity contribution is 5.15. The van der Waals surface area contributed by atoms with Crippen molar-refractivity contribution in [3.8, 4) is 0 Å². The molecule has 1 aliphatic carbocycles. The van der Waals surface area contributed by atoms with Gasteiger partial charge in [-0.05, 0) is 73.0 Å². The van der Waals surface area contributed by atoms with Crippen LogP contribution in [0.4, 0.5) is 0 Å². The normalized spacial score (nSPS) is 27.5. The number of rotatable bonds is 14. The first-order valence-corrected chi connectivity index (χ1v) is 14.9. The number of hydrogen-bond donors (Lipinski definition) is 0. The van der Waals surface area contributed by atoms with Crippen LogP contribution in [0.15, 0.2) is 24.3 Å². The van der Waals surface area contributed by atoms with Crippen molar-refractivity contribution in [2.75, 3.05) is 0 Å². The highest BCUT2D eigenvalue weighted by atomic mass is 14.3. The molecule has 7 unspecified atom stereocenters. The van der Waals surface area contributed by atoms with E-state index in [1.54, 1.807) is 0 Å². The van der Waals surface area contributed by atoms with Gasteiger partial charge in [-0.15, -0.1) is 0 Å². The van der Waals surface area contributed by atoms with Crippen molar-refractivity contribution in [2.24, 2.45) is 46.8 Å². The Labute approximate surface area is 210 Å². The molecular formula is C33H62. The number of allylic oxidation sites excluding steroid dienone is 3. The molecule has 1 aliphatic rings. The van der Waals surface area contributed by atoms with E-state index in [9.17, 15) is 0 Å². The van der Waals surface area contributed by atoms with Crippen molar-refractivity contribution in [1.29, 1.82) is 0 Å². The third kappa shape index (κ3) is 11.2. The lowest BCUT2D eigenvalue weighted by Crippen LogP contribution is -2.20. The fraction of sp³-hybridized carbons (Fsp3) is 0.879. The Bertz CT molecular complexity index is 552. The van der Waals surface area contributed by atoms with Gasteiger partial charge in [-0.25, -0.2) is 0 Å². The van der Waals surface area contributed by atoms with Gasteiger partial charge in [0.15, 0.2) is 0 Å². The molecule has 0 radical (unpaired) electrons. The Balaban J connectivity index is 2.59. The van der Waals surface area contributed by atoms with Gasteiger partial charge >= 0.3 is 0 Å². The molecule has 33 heavy (non-hydrogen) atoms. The fourth-order valence-corrected chi connectivity index (χ4v) is 6.44. The second-order valence-electron chi connectivity index (χ2n) is 13.0. The molecule has 7 atom stereocenters. The summed E-state index contributed by atoms with van der Waals surface area (Å²) < 4.78 is 0. The predicted molar refractivity (Wildman–Crippen MR) is 152 cm³/mol. The maximum absolute atomic E-state index is 4.58. The molecule has 0 aromatic carbocycles. The minimum atomic E-state index is 0.493. The maximum Gasteiger partial charge on any atom is 0.000236 e. The third-order valence-corrected chi connectivity index (χ3v) is 9.33. The Morgan fingerprint density at radius 2 is 1.67 bits per heavy atom. The largest absolute Gasteiger partial charge is 0.0990 e. The van der Waals surface area contributed by atoms with Crippen molar-refractivity contribution in [3.63, 3.8) is 0 Å². The first kappa shape index (κ1) is 30.5. The molecule has 0 saturated carbocycles. The molecule has 1 rings (SSSR count). The van der Waals surface area contributed by atoms with Crippen LogP contribution in [0.3, 0.4) is 0 Å². The molecule has 0 aliphatic heterocycles. The van der Waals surface area contributed by atoms with E-state index in [1.807, 2.05) is 0 Å². The van der Waals surface area contributed by atoms with E-state index in [1.165, 1.54) is 82.6 Å². The zero-order valence-electron chi connectivity index (χ0n) is 24.4. The van der Waals surface area contributed by atoms with Gasteiger partial charge in [0.2, 0.25) is 0 Å². The first-order valence-electron chi connectivity index (χ1n) is 14.9. The summed E-state index contributed by atoms with van der Waals surface area (Å²) in [6, 6.07) is 0. The number of unbranched alkanes of at least 4 members (excludes halogenated alkanes) is 2. The summed E-state index contributed by atoms with van der Waals surface area (Å²) in [4.78, 5) is 0. The molecule has 0 aromatic rings. The molecule has 0 aromatic heterocycles. The molecule has 0 bridgehead atoms. The van der Waals surface area contributed by atoms with Gasteiger partial charge in [0, 0.05) is 5.92 Å². The van der Waals surface area contributed by atoms with Gasteiger partial charge < -0.3 is 0 Å². The minimum absolute atomic E-state index is 0.493. The van der Waals surface area contributed by atoms with Crippen LogP contribution in [-0.4, -0.2) is 0 Å². The van der Waals surface area contributed by atoms with Crippen molar-refractivity contribution in [2.45, 2.75) is 139 Å². The Morgan fingerprint density at radius 1 is 0.970 bits per heavy atom. The zero-order valence-corrected chi connectivity index (χ0v) is 24.4. The second-order valence-corrected chi connectivity index (χ2v) is 13.0. The van der Waals surface area contributed by atoms with E-state index in [0.717, 1.165) is 23.7 Å². The topological polar surface area (TPSA) is 0 Å². The average molecular weight is 459 g/mol. The SMILES string of the molecule is C=C1C(C)CC(CC)CC(CCCCCC(C)(C)CC(C)C(C)CCC)C=CC1C(C)CC. The van der Waals surface area contributed by atoms with Gasteiger partial charge in [-0.2, -0.15) is 0 Å². The molecule has 0 N–H and O–H groups in total. The van der Waals surface area contributed by atoms with Crippen molar-refractivity contribution in [3.05, 3.63) is 24.3 Å². The summed E-state index contributed by atoms with van der Waals surface area (Å²) in [6.45, 7) is 26.5. The summed E-state index contributed by atoms with van der Waals surface area (Å²) in [7, 11) is 0. The number of hydrogen-bond acceptors (Lipinski definition) is 0. The second kappa shape index (κ2) is 15.5. The highest BCUT2D eigenvalue weighted by Gasteiger charge is 2.26. The van der Waals surface area contributed by atoms with Gasteiger partial charge in [0.05, 0.1) is 0 Å². The molecule has 0 heterocycles. The molecule has 0 saturated heterocycles. The van der Waals surface area contributed by atoms with Gasteiger partial charge in [-0.3, -0.25) is 0 Å². The highest BCUT2D eigenvalue weighted by Crippen LogP contribution is 2.38. The molecule has 0 fully saturated rings. The fourth-order valence-electron chi connectivity index (χ4n) is 6.44. The molecule has 194 valence electrons. The quantitative estimate of drug-likeness (QED) is 0.179. The molecule has 0 nitrogen and oxygen atoms in total. The lowest BCUT2D eigenvalue weighted by atomic mass is 9.75. The van der Waals surface area contributed by atoms with Crippen LogP contribution in [0.5, 0.6) is 0 Å². The molecular weight excluding hydrogens is 396 g/mol. The lowest BCUT2D eigenvalue weighted by Gasteiger charge is -2.31. The van der Waals surface area contributed by atoms with Gasteiger partial charge in [0.25, 0.3) is 0 Å². The zero-order chi connectivity index (χ0) is 25.0. The van der Waals surface area contributed by atoms with Crippen molar-refractivity contribution in [1.82, 2.24) is 0 Å². The van der Waals surface area contributed by atoms with Crippen LogP contribution in [0, 0.1) is 46.8 Å². The average Bonchev–Trinajstić information content (AvgIpc) is 2.82. The molecule has 0 spiro atoms. The summed E-state index contributed by atoms with van der Waals surface area (Å²) in [6.07, 6.45) is 21.5. The Kier molecular flexibility index (Phi) is 14.3. The minimum Gasteiger partial charge on any atom is -0.0990 e. The summed E-state index contributed by atoms with van der Waals surface area (Å²) in [5, 5.41) is 0. The van der Waals surface area contributed by atoms with Crippen molar-refractivity contribution >= 4 is 0 Å². The Morgan fingerprint density at radius 3 is 2.27 bits per heavy atom. The van der Waals surface area contributed by atoms with Crippen LogP contribution in [0.1, 0.15) is 139 Å². The van der Waals surface area contributed by atoms with E-state index in [2.05, 4.69) is 81.0 Å². The van der Waals surface area contributed by atoms with Crippen molar-refractivity contribution < 1.29 is 0 Å². The summed E-state index contributed by atoms with van der Waals surface area (Å²) in [5.74, 6) is 5.28. The van der Waals surface area contributed by atoms with Crippen LogP contribution in [0.25, 0.3) is 0 Å². The molecule has 0 amide bonds. The summed E-state index contributed by atoms with van der Waals surface area (Å²) in [5.41, 5.74) is 1.98. The smallest absolute Gasteiger partial charge is 0.000236 e. The van der Waals surface area contributed by atoms with E-state index >= 15 is 0 Å². The van der Waals surface area contributed by atoms with E-state index in [-0.39, 0.29) is 0 Å². The Hall–Kier alpha value is -0.520. The standard InChI is InChI=1S/C33H62/c1-11-17-26(5)28(7)24-33(9,10)21-16-14-15-18-31-19-20-32(25(4)12-2)29(8)27(6)22-30(13-3)23-31/h19-20,25-28,30-32H,8,11-18,21-24H2,1-7,9-10H3.